The number of unbranched alkanes of at least 4 members (excludes halogenated alkanes) is 2. The summed E-state index contributed by atoms with van der Waals surface area (Å²) in [6.07, 6.45) is 2.64. The van der Waals surface area contributed by atoms with Crippen molar-refractivity contribution in [2.45, 2.75) is 38.4 Å². The van der Waals surface area contributed by atoms with Crippen molar-refractivity contribution >= 4 is 21.6 Å². The fourth-order valence-electron chi connectivity index (χ4n) is 1.82. The lowest BCUT2D eigenvalue weighted by Crippen LogP contribution is -2.31. The van der Waals surface area contributed by atoms with Crippen LogP contribution in [0.3, 0.4) is 0 Å². The maximum Gasteiger partial charge on any atom is 0.248 e. The Morgan fingerprint density at radius 1 is 1.18 bits per heavy atom. The van der Waals surface area contributed by atoms with Crippen LogP contribution in [-0.2, 0) is 10.0 Å². The number of benzene rings is 1. The molecule has 22 heavy (non-hydrogen) atoms. The third-order valence-electron chi connectivity index (χ3n) is 3.25. The number of anilines is 1. The molecule has 0 saturated carbocycles. The fraction of sp³-hybridized carbons (Fsp3) is 0.533. The van der Waals surface area contributed by atoms with Gasteiger partial charge in [0.25, 0.3) is 0 Å². The summed E-state index contributed by atoms with van der Waals surface area (Å²) in [5.41, 5.74) is 6.56. The lowest BCUT2D eigenvalue weighted by atomic mass is 10.2. The standard InChI is InChI=1S/C15H25N3O3S/c1-12(2)22(20,21)18-10-5-3-4-9-17-14-8-6-7-13(11-14)15(16)19/h6-8,11-12,17-18H,3-5,9-10H2,1-2H3,(H2,16,19). The molecule has 1 aromatic rings. The van der Waals surface area contributed by atoms with Gasteiger partial charge in [-0.15, -0.1) is 0 Å². The summed E-state index contributed by atoms with van der Waals surface area (Å²) < 4.78 is 25.6. The number of rotatable bonds is 10. The smallest absolute Gasteiger partial charge is 0.248 e. The van der Waals surface area contributed by atoms with Gasteiger partial charge in [0.15, 0.2) is 0 Å². The van der Waals surface area contributed by atoms with Gasteiger partial charge in [-0.2, -0.15) is 0 Å². The SMILES string of the molecule is CC(C)S(=O)(=O)NCCCCCNc1cccc(C(N)=O)c1. The molecule has 0 radical (unpaired) electrons. The van der Waals surface area contributed by atoms with Crippen molar-refractivity contribution in [3.05, 3.63) is 29.8 Å². The van der Waals surface area contributed by atoms with E-state index >= 15 is 0 Å². The highest BCUT2D eigenvalue weighted by Crippen LogP contribution is 2.10. The second-order valence-corrected chi connectivity index (χ2v) is 7.74. The number of amides is 1. The second kappa shape index (κ2) is 8.75. The first-order valence-corrected chi connectivity index (χ1v) is 9.00. The van der Waals surface area contributed by atoms with Gasteiger partial charge in [0.1, 0.15) is 0 Å². The highest BCUT2D eigenvalue weighted by Gasteiger charge is 2.13. The molecule has 0 aliphatic heterocycles. The molecule has 0 aliphatic rings. The Labute approximate surface area is 132 Å². The molecule has 0 aliphatic carbocycles. The molecule has 0 fully saturated rings. The molecular formula is C15H25N3O3S. The Balaban J connectivity index is 2.19. The van der Waals surface area contributed by atoms with Crippen molar-refractivity contribution < 1.29 is 13.2 Å². The van der Waals surface area contributed by atoms with Crippen LogP contribution in [0, 0.1) is 0 Å². The molecular weight excluding hydrogens is 302 g/mol. The Hall–Kier alpha value is -1.60. The molecule has 0 atom stereocenters. The summed E-state index contributed by atoms with van der Waals surface area (Å²) in [5.74, 6) is -0.443. The zero-order valence-electron chi connectivity index (χ0n) is 13.1. The molecule has 1 rings (SSSR count). The number of nitrogens with one attached hydrogen (secondary N) is 2. The van der Waals surface area contributed by atoms with Crippen LogP contribution in [0.25, 0.3) is 0 Å². The second-order valence-electron chi connectivity index (χ2n) is 5.42. The minimum Gasteiger partial charge on any atom is -0.385 e. The molecule has 1 amide bonds. The lowest BCUT2D eigenvalue weighted by molar-refractivity contribution is 0.100. The predicted octanol–water partition coefficient (Wildman–Crippen LogP) is 1.70. The maximum atomic E-state index is 11.5. The molecule has 0 unspecified atom stereocenters. The van der Waals surface area contributed by atoms with Crippen molar-refractivity contribution in [1.82, 2.24) is 4.72 Å². The molecule has 0 bridgehead atoms. The van der Waals surface area contributed by atoms with Crippen molar-refractivity contribution in [2.75, 3.05) is 18.4 Å². The minimum atomic E-state index is -3.16. The molecule has 124 valence electrons. The topological polar surface area (TPSA) is 101 Å². The fourth-order valence-corrected chi connectivity index (χ4v) is 2.59. The van der Waals surface area contributed by atoms with Crippen LogP contribution in [0.4, 0.5) is 5.69 Å². The Morgan fingerprint density at radius 2 is 1.86 bits per heavy atom. The summed E-state index contributed by atoms with van der Waals surface area (Å²) in [4.78, 5) is 11.1. The highest BCUT2D eigenvalue weighted by atomic mass is 32.2. The van der Waals surface area contributed by atoms with E-state index in [2.05, 4.69) is 10.0 Å². The van der Waals surface area contributed by atoms with Gasteiger partial charge >= 0.3 is 0 Å². The summed E-state index contributed by atoms with van der Waals surface area (Å²) in [6, 6.07) is 7.06. The molecule has 0 aromatic heterocycles. The summed E-state index contributed by atoms with van der Waals surface area (Å²) >= 11 is 0. The van der Waals surface area contributed by atoms with Gasteiger partial charge in [-0.3, -0.25) is 4.79 Å². The molecule has 7 heteroatoms. The van der Waals surface area contributed by atoms with Crippen LogP contribution >= 0.6 is 0 Å². The van der Waals surface area contributed by atoms with Crippen molar-refractivity contribution in [1.29, 1.82) is 0 Å². The zero-order chi connectivity index (χ0) is 16.6. The maximum absolute atomic E-state index is 11.5. The van der Waals surface area contributed by atoms with E-state index in [1.54, 1.807) is 32.0 Å². The number of sulfonamides is 1. The van der Waals surface area contributed by atoms with E-state index in [-0.39, 0.29) is 0 Å². The number of nitrogens with two attached hydrogens (primary N) is 1. The van der Waals surface area contributed by atoms with Crippen LogP contribution in [0.15, 0.2) is 24.3 Å². The van der Waals surface area contributed by atoms with E-state index in [1.807, 2.05) is 6.07 Å². The van der Waals surface area contributed by atoms with E-state index in [4.69, 9.17) is 5.73 Å². The van der Waals surface area contributed by atoms with Crippen molar-refractivity contribution in [3.63, 3.8) is 0 Å². The molecule has 4 N–H and O–H groups in total. The molecule has 6 nitrogen and oxygen atoms in total. The number of carbonyl (C=O) groups excluding carboxylic acids is 1. The van der Waals surface area contributed by atoms with E-state index in [0.29, 0.717) is 12.1 Å². The summed E-state index contributed by atoms with van der Waals surface area (Å²) in [6.45, 7) is 4.55. The van der Waals surface area contributed by atoms with Crippen LogP contribution < -0.4 is 15.8 Å². The van der Waals surface area contributed by atoms with Crippen LogP contribution in [0.2, 0.25) is 0 Å². The number of hydrogen-bond donors (Lipinski definition) is 3. The van der Waals surface area contributed by atoms with Gasteiger partial charge in [0.05, 0.1) is 5.25 Å². The highest BCUT2D eigenvalue weighted by molar-refractivity contribution is 7.90. The van der Waals surface area contributed by atoms with Gasteiger partial charge in [-0.25, -0.2) is 13.1 Å². The van der Waals surface area contributed by atoms with Crippen LogP contribution in [-0.4, -0.2) is 32.7 Å². The Morgan fingerprint density at radius 3 is 2.50 bits per heavy atom. The average molecular weight is 327 g/mol. The summed E-state index contributed by atoms with van der Waals surface area (Å²) in [5, 5.41) is 2.82. The molecule has 0 heterocycles. The number of hydrogen-bond acceptors (Lipinski definition) is 4. The van der Waals surface area contributed by atoms with E-state index < -0.39 is 21.2 Å². The first-order chi connectivity index (χ1) is 10.3. The Kier molecular flexibility index (Phi) is 7.34. The number of primary amides is 1. The minimum absolute atomic E-state index is 0.397. The van der Waals surface area contributed by atoms with Crippen molar-refractivity contribution in [3.8, 4) is 0 Å². The number of carbonyl (C=O) groups is 1. The average Bonchev–Trinajstić information content (AvgIpc) is 2.46. The normalized spacial score (nSPS) is 11.6. The monoisotopic (exact) mass is 327 g/mol. The molecule has 0 spiro atoms. The molecule has 1 aromatic carbocycles. The van der Waals surface area contributed by atoms with Gasteiger partial charge in [-0.1, -0.05) is 12.5 Å². The quantitative estimate of drug-likeness (QED) is 0.569. The van der Waals surface area contributed by atoms with E-state index in [0.717, 1.165) is 31.5 Å². The third-order valence-corrected chi connectivity index (χ3v) is 5.10. The lowest BCUT2D eigenvalue weighted by Gasteiger charge is -2.10. The Bertz CT molecular complexity index is 585. The largest absolute Gasteiger partial charge is 0.385 e. The first-order valence-electron chi connectivity index (χ1n) is 7.45. The zero-order valence-corrected chi connectivity index (χ0v) is 13.9. The van der Waals surface area contributed by atoms with E-state index in [9.17, 15) is 13.2 Å². The summed E-state index contributed by atoms with van der Waals surface area (Å²) in [7, 11) is -3.16. The molecule has 0 saturated heterocycles. The first kappa shape index (κ1) is 18.4. The third kappa shape index (κ3) is 6.44. The van der Waals surface area contributed by atoms with Crippen LogP contribution in [0.5, 0.6) is 0 Å². The van der Waals surface area contributed by atoms with Gasteiger partial charge < -0.3 is 11.1 Å². The van der Waals surface area contributed by atoms with Crippen LogP contribution in [0.1, 0.15) is 43.5 Å². The van der Waals surface area contributed by atoms with Crippen molar-refractivity contribution in [2.24, 2.45) is 5.73 Å². The van der Waals surface area contributed by atoms with E-state index in [1.165, 1.54) is 0 Å². The predicted molar refractivity (Wildman–Crippen MR) is 89.4 cm³/mol. The van der Waals surface area contributed by atoms with Gasteiger partial charge in [0.2, 0.25) is 15.9 Å². The van der Waals surface area contributed by atoms with Gasteiger partial charge in [0, 0.05) is 24.3 Å². The van der Waals surface area contributed by atoms with Gasteiger partial charge in [-0.05, 0) is 44.9 Å².